The number of aryl methyl sites for hydroxylation is 1. The second kappa shape index (κ2) is 11.9. The van der Waals surface area contributed by atoms with Crippen LogP contribution in [0.25, 0.3) is 5.69 Å². The van der Waals surface area contributed by atoms with Gasteiger partial charge in [0.1, 0.15) is 0 Å². The molecule has 2 N–H and O–H groups in total. The molecule has 0 atom stereocenters. The van der Waals surface area contributed by atoms with Gasteiger partial charge >= 0.3 is 0 Å². The fraction of sp³-hybridized carbons (Fsp3) is 0.273. The third kappa shape index (κ3) is 6.78. The van der Waals surface area contributed by atoms with Gasteiger partial charge in [0.25, 0.3) is 0 Å². The highest BCUT2D eigenvalue weighted by Crippen LogP contribution is 2.21. The average molecular weight is 521 g/mol. The van der Waals surface area contributed by atoms with E-state index in [9.17, 15) is 0 Å². The summed E-state index contributed by atoms with van der Waals surface area (Å²) < 4.78 is 1.91. The maximum atomic E-state index is 4.45. The highest BCUT2D eigenvalue weighted by Gasteiger charge is 2.05. The molecule has 1 heterocycles. The summed E-state index contributed by atoms with van der Waals surface area (Å²) >= 11 is 1.77. The van der Waals surface area contributed by atoms with Gasteiger partial charge in [-0.05, 0) is 54.5 Å². The molecule has 0 aliphatic heterocycles. The number of aromatic nitrogens is 2. The van der Waals surface area contributed by atoms with Gasteiger partial charge in [-0.3, -0.25) is 4.99 Å². The van der Waals surface area contributed by atoms with Crippen LogP contribution in [0.2, 0.25) is 0 Å². The van der Waals surface area contributed by atoms with E-state index in [0.717, 1.165) is 31.2 Å². The predicted molar refractivity (Wildman–Crippen MR) is 134 cm³/mol. The number of nitrogens with one attached hydrogen (secondary N) is 2. The van der Waals surface area contributed by atoms with Crippen molar-refractivity contribution in [3.05, 3.63) is 77.6 Å². The molecule has 0 aliphatic carbocycles. The Bertz CT molecular complexity index is 924. The number of thioether (sulfide) groups is 1. The molecule has 0 saturated heterocycles. The number of hydrogen-bond donors (Lipinski definition) is 2. The van der Waals surface area contributed by atoms with Crippen molar-refractivity contribution < 1.29 is 0 Å². The molecule has 0 saturated carbocycles. The van der Waals surface area contributed by atoms with Crippen LogP contribution >= 0.6 is 35.7 Å². The Labute approximate surface area is 194 Å². The van der Waals surface area contributed by atoms with E-state index in [1.807, 2.05) is 29.1 Å². The molecule has 29 heavy (non-hydrogen) atoms. The minimum Gasteiger partial charge on any atom is -0.356 e. The van der Waals surface area contributed by atoms with E-state index >= 15 is 0 Å². The monoisotopic (exact) mass is 521 g/mol. The van der Waals surface area contributed by atoms with E-state index in [-0.39, 0.29) is 24.0 Å². The lowest BCUT2D eigenvalue weighted by Gasteiger charge is -2.14. The number of rotatable bonds is 7. The standard InChI is InChI=1S/C22H27N5S.HI/c1-17-9-10-19(21(13-17)28-3)15-25-22(23-2)24-12-11-18-14-26-27(16-18)20-7-5-4-6-8-20;/h4-10,13-14,16H,11-12,15H2,1-3H3,(H2,23,24,25);1H. The summed E-state index contributed by atoms with van der Waals surface area (Å²) in [6, 6.07) is 16.7. The first-order valence-corrected chi connectivity index (χ1v) is 10.6. The van der Waals surface area contributed by atoms with Crippen molar-refractivity contribution in [2.24, 2.45) is 4.99 Å². The van der Waals surface area contributed by atoms with Crippen LogP contribution < -0.4 is 10.6 Å². The van der Waals surface area contributed by atoms with Crippen molar-refractivity contribution in [1.82, 2.24) is 20.4 Å². The van der Waals surface area contributed by atoms with Gasteiger partial charge in [0, 0.05) is 31.2 Å². The van der Waals surface area contributed by atoms with Crippen molar-refractivity contribution in [1.29, 1.82) is 0 Å². The zero-order valence-electron chi connectivity index (χ0n) is 17.1. The summed E-state index contributed by atoms with van der Waals surface area (Å²) in [6.45, 7) is 3.67. The first-order valence-electron chi connectivity index (χ1n) is 9.36. The molecule has 0 fully saturated rings. The fourth-order valence-corrected chi connectivity index (χ4v) is 3.64. The van der Waals surface area contributed by atoms with Crippen molar-refractivity contribution in [2.45, 2.75) is 24.8 Å². The highest BCUT2D eigenvalue weighted by molar-refractivity contribution is 14.0. The van der Waals surface area contributed by atoms with Gasteiger partial charge in [0.05, 0.1) is 11.9 Å². The summed E-state index contributed by atoms with van der Waals surface area (Å²) in [4.78, 5) is 5.63. The largest absolute Gasteiger partial charge is 0.356 e. The van der Waals surface area contributed by atoms with Gasteiger partial charge in [-0.2, -0.15) is 5.10 Å². The number of para-hydroxylation sites is 1. The SMILES string of the molecule is CN=C(NCCc1cnn(-c2ccccc2)c1)NCc1ccc(C)cc1SC.I. The van der Waals surface area contributed by atoms with E-state index in [1.165, 1.54) is 21.6 Å². The molecule has 1 aromatic heterocycles. The normalized spacial score (nSPS) is 11.1. The molecule has 0 aliphatic rings. The smallest absolute Gasteiger partial charge is 0.191 e. The molecular formula is C22H28IN5S. The Morgan fingerprint density at radius 2 is 1.93 bits per heavy atom. The molecule has 3 aromatic rings. The fourth-order valence-electron chi connectivity index (χ4n) is 2.93. The van der Waals surface area contributed by atoms with Crippen LogP contribution in [0, 0.1) is 6.92 Å². The van der Waals surface area contributed by atoms with Gasteiger partial charge < -0.3 is 10.6 Å². The topological polar surface area (TPSA) is 54.2 Å². The second-order valence-electron chi connectivity index (χ2n) is 6.55. The Balaban J connectivity index is 0.00000300. The molecule has 3 rings (SSSR count). The zero-order chi connectivity index (χ0) is 19.8. The number of aliphatic imine (C=N–C) groups is 1. The van der Waals surface area contributed by atoms with E-state index < -0.39 is 0 Å². The van der Waals surface area contributed by atoms with Crippen LogP contribution in [-0.4, -0.2) is 35.6 Å². The lowest BCUT2D eigenvalue weighted by Crippen LogP contribution is -2.37. The maximum Gasteiger partial charge on any atom is 0.191 e. The molecule has 0 radical (unpaired) electrons. The van der Waals surface area contributed by atoms with Gasteiger partial charge in [0.15, 0.2) is 5.96 Å². The van der Waals surface area contributed by atoms with Crippen LogP contribution in [0.1, 0.15) is 16.7 Å². The van der Waals surface area contributed by atoms with E-state index in [1.54, 1.807) is 18.8 Å². The highest BCUT2D eigenvalue weighted by atomic mass is 127. The van der Waals surface area contributed by atoms with E-state index in [0.29, 0.717) is 0 Å². The van der Waals surface area contributed by atoms with Crippen LogP contribution in [0.4, 0.5) is 0 Å². The molecule has 2 aromatic carbocycles. The Morgan fingerprint density at radius 1 is 1.14 bits per heavy atom. The average Bonchev–Trinajstić information content (AvgIpc) is 3.20. The Morgan fingerprint density at radius 3 is 2.66 bits per heavy atom. The maximum absolute atomic E-state index is 4.45. The first-order chi connectivity index (χ1) is 13.7. The zero-order valence-corrected chi connectivity index (χ0v) is 20.2. The van der Waals surface area contributed by atoms with Crippen molar-refractivity contribution in [3.8, 4) is 5.69 Å². The molecule has 7 heteroatoms. The summed E-state index contributed by atoms with van der Waals surface area (Å²) in [7, 11) is 1.80. The van der Waals surface area contributed by atoms with Crippen molar-refractivity contribution >= 4 is 41.7 Å². The van der Waals surface area contributed by atoms with Crippen LogP contribution in [0.3, 0.4) is 0 Å². The van der Waals surface area contributed by atoms with Gasteiger partial charge in [-0.1, -0.05) is 30.3 Å². The molecular weight excluding hydrogens is 493 g/mol. The summed E-state index contributed by atoms with van der Waals surface area (Å²) in [5, 5.41) is 11.2. The van der Waals surface area contributed by atoms with Gasteiger partial charge in [0.2, 0.25) is 0 Å². The van der Waals surface area contributed by atoms with Crippen LogP contribution in [0.15, 0.2) is 70.8 Å². The number of halogens is 1. The number of nitrogens with zero attached hydrogens (tertiary/aromatic N) is 3. The Kier molecular flexibility index (Phi) is 9.53. The quantitative estimate of drug-likeness (QED) is 0.209. The third-order valence-corrected chi connectivity index (χ3v) is 5.30. The van der Waals surface area contributed by atoms with Crippen LogP contribution in [0.5, 0.6) is 0 Å². The minimum atomic E-state index is 0. The Hall–Kier alpha value is -2.00. The number of benzene rings is 2. The molecule has 5 nitrogen and oxygen atoms in total. The summed E-state index contributed by atoms with van der Waals surface area (Å²) in [5.41, 5.74) is 4.83. The molecule has 0 bridgehead atoms. The lowest BCUT2D eigenvalue weighted by molar-refractivity contribution is 0.788. The number of hydrogen-bond acceptors (Lipinski definition) is 3. The molecule has 0 unspecified atom stereocenters. The summed E-state index contributed by atoms with van der Waals surface area (Å²) in [5.74, 6) is 0.808. The second-order valence-corrected chi connectivity index (χ2v) is 7.39. The van der Waals surface area contributed by atoms with Crippen LogP contribution in [-0.2, 0) is 13.0 Å². The van der Waals surface area contributed by atoms with Crippen molar-refractivity contribution in [3.63, 3.8) is 0 Å². The van der Waals surface area contributed by atoms with E-state index in [2.05, 4.69) is 70.4 Å². The predicted octanol–water partition coefficient (Wildman–Crippen LogP) is 4.43. The molecule has 154 valence electrons. The van der Waals surface area contributed by atoms with E-state index in [4.69, 9.17) is 0 Å². The first kappa shape index (κ1) is 23.3. The molecule has 0 spiro atoms. The minimum absolute atomic E-state index is 0. The number of guanidine groups is 1. The lowest BCUT2D eigenvalue weighted by atomic mass is 10.1. The summed E-state index contributed by atoms with van der Waals surface area (Å²) in [6.07, 6.45) is 6.99. The molecule has 0 amide bonds. The van der Waals surface area contributed by atoms with Crippen molar-refractivity contribution in [2.75, 3.05) is 19.8 Å². The van der Waals surface area contributed by atoms with Gasteiger partial charge in [-0.15, -0.1) is 35.7 Å². The third-order valence-electron chi connectivity index (χ3n) is 4.48. The van der Waals surface area contributed by atoms with Gasteiger partial charge in [-0.25, -0.2) is 4.68 Å².